The van der Waals surface area contributed by atoms with Crippen LogP contribution in [0.5, 0.6) is 0 Å². The van der Waals surface area contributed by atoms with Gasteiger partial charge in [0.2, 0.25) is 0 Å². The highest BCUT2D eigenvalue weighted by Gasteiger charge is 2.25. The van der Waals surface area contributed by atoms with Crippen LogP contribution in [0, 0.1) is 0 Å². The third-order valence-corrected chi connectivity index (χ3v) is 3.38. The van der Waals surface area contributed by atoms with Crippen LogP contribution in [0.2, 0.25) is 0 Å². The van der Waals surface area contributed by atoms with Gasteiger partial charge in [0.25, 0.3) is 0 Å². The lowest BCUT2D eigenvalue weighted by Crippen LogP contribution is -2.49. The zero-order chi connectivity index (χ0) is 16.0. The second kappa shape index (κ2) is 8.08. The first-order valence-electron chi connectivity index (χ1n) is 7.30. The monoisotopic (exact) mass is 288 g/mol. The van der Waals surface area contributed by atoms with Gasteiger partial charge in [-0.25, -0.2) is 0 Å². The molecule has 0 saturated heterocycles. The molecule has 20 heavy (non-hydrogen) atoms. The van der Waals surface area contributed by atoms with Crippen LogP contribution in [-0.4, -0.2) is 59.3 Å². The Morgan fingerprint density at radius 3 is 2.25 bits per heavy atom. The summed E-state index contributed by atoms with van der Waals surface area (Å²) >= 11 is 0. The van der Waals surface area contributed by atoms with Crippen LogP contribution in [-0.2, 0) is 9.53 Å². The predicted octanol–water partition coefficient (Wildman–Crippen LogP) is 1.18. The van der Waals surface area contributed by atoms with Gasteiger partial charge in [-0.1, -0.05) is 0 Å². The smallest absolute Gasteiger partial charge is 0.165 e. The van der Waals surface area contributed by atoms with Crippen LogP contribution in [0.15, 0.2) is 0 Å². The first kappa shape index (κ1) is 19.5. The number of Topliss-reactive ketones (excluding diaryl/α,β-unsaturated/α-hetero) is 1. The molecule has 3 N–H and O–H groups in total. The number of carbonyl (C=O) groups excluding carboxylic acids is 1. The molecule has 0 amide bonds. The van der Waals surface area contributed by atoms with E-state index in [-0.39, 0.29) is 24.0 Å². The standard InChI is InChI=1S/C15H32N2O3/c1-12(2)17(11-13(19)15(5,6)16)8-10-20-14(3,4)7-9-18/h12,18H,7-11,16H2,1-6H3. The van der Waals surface area contributed by atoms with Crippen molar-refractivity contribution in [1.82, 2.24) is 4.90 Å². The lowest BCUT2D eigenvalue weighted by Gasteiger charge is -2.31. The van der Waals surface area contributed by atoms with E-state index in [2.05, 4.69) is 18.7 Å². The van der Waals surface area contributed by atoms with Gasteiger partial charge in [-0.15, -0.1) is 0 Å². The molecule has 0 aliphatic rings. The lowest BCUT2D eigenvalue weighted by molar-refractivity contribution is -0.125. The van der Waals surface area contributed by atoms with Crippen molar-refractivity contribution in [3.8, 4) is 0 Å². The third-order valence-electron chi connectivity index (χ3n) is 3.38. The Kier molecular flexibility index (Phi) is 7.88. The molecule has 0 rings (SSSR count). The van der Waals surface area contributed by atoms with Crippen LogP contribution in [0.25, 0.3) is 0 Å². The first-order chi connectivity index (χ1) is 8.99. The second-order valence-corrected chi connectivity index (χ2v) is 6.79. The van der Waals surface area contributed by atoms with Crippen molar-refractivity contribution in [3.63, 3.8) is 0 Å². The molecule has 0 aliphatic heterocycles. The minimum Gasteiger partial charge on any atom is -0.396 e. The molecule has 0 bridgehead atoms. The maximum atomic E-state index is 12.0. The minimum atomic E-state index is -0.801. The summed E-state index contributed by atoms with van der Waals surface area (Å²) in [4.78, 5) is 14.1. The lowest BCUT2D eigenvalue weighted by atomic mass is 10.00. The summed E-state index contributed by atoms with van der Waals surface area (Å²) in [6.07, 6.45) is 0.601. The molecular formula is C15H32N2O3. The summed E-state index contributed by atoms with van der Waals surface area (Å²) in [5.41, 5.74) is 4.69. The van der Waals surface area contributed by atoms with E-state index in [0.717, 1.165) is 0 Å². The molecule has 0 fully saturated rings. The Hall–Kier alpha value is -0.490. The number of nitrogens with zero attached hydrogens (tertiary/aromatic N) is 1. The van der Waals surface area contributed by atoms with Crippen LogP contribution < -0.4 is 5.73 Å². The molecule has 0 aliphatic carbocycles. The maximum absolute atomic E-state index is 12.0. The SMILES string of the molecule is CC(C)N(CCOC(C)(C)CCO)CC(=O)C(C)(C)N. The number of hydrogen-bond acceptors (Lipinski definition) is 5. The summed E-state index contributed by atoms with van der Waals surface area (Å²) in [5, 5.41) is 8.96. The number of nitrogens with two attached hydrogens (primary N) is 1. The predicted molar refractivity (Wildman–Crippen MR) is 81.7 cm³/mol. The van der Waals surface area contributed by atoms with E-state index in [1.54, 1.807) is 13.8 Å². The van der Waals surface area contributed by atoms with Gasteiger partial charge in [0.1, 0.15) is 0 Å². The number of ketones is 1. The summed E-state index contributed by atoms with van der Waals surface area (Å²) in [6, 6.07) is 0.255. The molecule has 0 heterocycles. The largest absolute Gasteiger partial charge is 0.396 e. The Morgan fingerprint density at radius 2 is 1.85 bits per heavy atom. The molecule has 0 aromatic rings. The van der Waals surface area contributed by atoms with Crippen molar-refractivity contribution in [2.24, 2.45) is 5.73 Å². The van der Waals surface area contributed by atoms with Gasteiger partial charge >= 0.3 is 0 Å². The number of carbonyl (C=O) groups is 1. The fraction of sp³-hybridized carbons (Fsp3) is 0.933. The highest BCUT2D eigenvalue weighted by molar-refractivity contribution is 5.89. The van der Waals surface area contributed by atoms with Crippen LogP contribution in [0.4, 0.5) is 0 Å². The number of ether oxygens (including phenoxy) is 1. The van der Waals surface area contributed by atoms with Crippen molar-refractivity contribution in [3.05, 3.63) is 0 Å². The normalized spacial score (nSPS) is 13.3. The second-order valence-electron chi connectivity index (χ2n) is 6.79. The topological polar surface area (TPSA) is 75.8 Å². The number of hydrogen-bond donors (Lipinski definition) is 2. The maximum Gasteiger partial charge on any atom is 0.165 e. The van der Waals surface area contributed by atoms with Crippen molar-refractivity contribution in [1.29, 1.82) is 0 Å². The number of aliphatic hydroxyl groups is 1. The Morgan fingerprint density at radius 1 is 1.30 bits per heavy atom. The molecule has 0 aromatic carbocycles. The van der Waals surface area contributed by atoms with Gasteiger partial charge in [-0.05, 0) is 48.0 Å². The average Bonchev–Trinajstić information content (AvgIpc) is 2.25. The van der Waals surface area contributed by atoms with Crippen LogP contribution >= 0.6 is 0 Å². The Balaban J connectivity index is 4.34. The number of aliphatic hydroxyl groups excluding tert-OH is 1. The quantitative estimate of drug-likeness (QED) is 0.631. The Bertz CT molecular complexity index is 296. The summed E-state index contributed by atoms with van der Waals surface area (Å²) in [6.45, 7) is 13.1. The van der Waals surface area contributed by atoms with E-state index >= 15 is 0 Å². The summed E-state index contributed by atoms with van der Waals surface area (Å²) in [5.74, 6) is 0.0285. The van der Waals surface area contributed by atoms with E-state index in [1.165, 1.54) is 0 Å². The van der Waals surface area contributed by atoms with E-state index in [4.69, 9.17) is 15.6 Å². The molecule has 0 unspecified atom stereocenters. The molecule has 0 aromatic heterocycles. The summed E-state index contributed by atoms with van der Waals surface area (Å²) < 4.78 is 5.77. The first-order valence-corrected chi connectivity index (χ1v) is 7.30. The molecule has 0 atom stereocenters. The van der Waals surface area contributed by atoms with Gasteiger partial charge in [0.15, 0.2) is 5.78 Å². The van der Waals surface area contributed by atoms with E-state index in [0.29, 0.717) is 26.1 Å². The van der Waals surface area contributed by atoms with Crippen LogP contribution in [0.1, 0.15) is 48.0 Å². The van der Waals surface area contributed by atoms with Gasteiger partial charge in [0, 0.05) is 19.2 Å². The van der Waals surface area contributed by atoms with Crippen LogP contribution in [0.3, 0.4) is 0 Å². The minimum absolute atomic E-state index is 0.0285. The molecule has 0 saturated carbocycles. The van der Waals surface area contributed by atoms with Crippen molar-refractivity contribution < 1.29 is 14.6 Å². The highest BCUT2D eigenvalue weighted by atomic mass is 16.5. The third kappa shape index (κ3) is 7.94. The zero-order valence-electron chi connectivity index (χ0n) is 13.9. The van der Waals surface area contributed by atoms with Gasteiger partial charge in [-0.2, -0.15) is 0 Å². The van der Waals surface area contributed by atoms with Crippen molar-refractivity contribution >= 4 is 5.78 Å². The molecule has 0 spiro atoms. The summed E-state index contributed by atoms with van der Waals surface area (Å²) in [7, 11) is 0. The molecular weight excluding hydrogens is 256 g/mol. The van der Waals surface area contributed by atoms with Gasteiger partial charge < -0.3 is 15.6 Å². The zero-order valence-corrected chi connectivity index (χ0v) is 13.9. The fourth-order valence-electron chi connectivity index (χ4n) is 1.69. The van der Waals surface area contributed by atoms with Crippen molar-refractivity contribution in [2.45, 2.75) is 65.1 Å². The molecule has 5 nitrogen and oxygen atoms in total. The van der Waals surface area contributed by atoms with Gasteiger partial charge in [-0.3, -0.25) is 9.69 Å². The molecule has 120 valence electrons. The van der Waals surface area contributed by atoms with E-state index in [9.17, 15) is 4.79 Å². The molecule has 0 radical (unpaired) electrons. The number of rotatable bonds is 10. The average molecular weight is 288 g/mol. The van der Waals surface area contributed by atoms with E-state index in [1.807, 2.05) is 13.8 Å². The van der Waals surface area contributed by atoms with E-state index < -0.39 is 5.54 Å². The molecule has 5 heteroatoms. The van der Waals surface area contributed by atoms with Gasteiger partial charge in [0.05, 0.1) is 24.3 Å². The Labute approximate surface area is 123 Å². The fourth-order valence-corrected chi connectivity index (χ4v) is 1.69. The highest BCUT2D eigenvalue weighted by Crippen LogP contribution is 2.14. The van der Waals surface area contributed by atoms with Crippen molar-refractivity contribution in [2.75, 3.05) is 26.3 Å².